The van der Waals surface area contributed by atoms with Gasteiger partial charge in [-0.05, 0) is 90.8 Å². The Morgan fingerprint density at radius 2 is 1.56 bits per heavy atom. The van der Waals surface area contributed by atoms with Crippen LogP contribution in [0.25, 0.3) is 0 Å². The van der Waals surface area contributed by atoms with E-state index in [1.165, 1.54) is 0 Å². The van der Waals surface area contributed by atoms with Crippen molar-refractivity contribution in [3.63, 3.8) is 0 Å². The van der Waals surface area contributed by atoms with Crippen molar-refractivity contribution in [2.45, 2.75) is 104 Å². The standard InChI is InChI=1S/C28H48O6/c1-14(2)15(3)24(31)25(32)16(4)18-7-8-19-17-13-34-26(33)21-11-22(29)23(30)12-28(21,6)20(17)9-10-27(18,19)5/h14-25,29-32H,7-13H2,1-6H3/t15-,16-,17-,18+,19-,20-,21+,22-,23+,24+,25+,27+,28+/m1/s1. The van der Waals surface area contributed by atoms with Gasteiger partial charge in [-0.25, -0.2) is 0 Å². The number of fused-ring (bicyclic) bond motifs is 5. The molecule has 4 rings (SSSR count). The summed E-state index contributed by atoms with van der Waals surface area (Å²) >= 11 is 0. The molecule has 4 fully saturated rings. The fourth-order valence-corrected chi connectivity index (χ4v) is 8.95. The Bertz CT molecular complexity index is 755. The van der Waals surface area contributed by atoms with E-state index in [0.29, 0.717) is 30.8 Å². The average Bonchev–Trinajstić information content (AvgIpc) is 3.09. The van der Waals surface area contributed by atoms with Gasteiger partial charge in [0.1, 0.15) is 0 Å². The first-order valence-electron chi connectivity index (χ1n) is 13.7. The first-order chi connectivity index (χ1) is 15.8. The van der Waals surface area contributed by atoms with E-state index in [1.807, 2.05) is 6.92 Å². The fraction of sp³-hybridized carbons (Fsp3) is 0.964. The maximum absolute atomic E-state index is 13.0. The third kappa shape index (κ3) is 4.05. The predicted octanol–water partition coefficient (Wildman–Crippen LogP) is 3.39. The smallest absolute Gasteiger partial charge is 0.309 e. The molecule has 4 aliphatic rings. The summed E-state index contributed by atoms with van der Waals surface area (Å²) in [4.78, 5) is 13.0. The second-order valence-electron chi connectivity index (χ2n) is 13.3. The highest BCUT2D eigenvalue weighted by atomic mass is 16.5. The van der Waals surface area contributed by atoms with E-state index in [9.17, 15) is 25.2 Å². The zero-order valence-corrected chi connectivity index (χ0v) is 22.0. The van der Waals surface area contributed by atoms with Crippen LogP contribution in [0.5, 0.6) is 0 Å². The molecule has 6 nitrogen and oxygen atoms in total. The SMILES string of the molecule is CC(C)[C@@H](C)[C@H](O)[C@@H](O)[C@H](C)[C@@H]1CC[C@@H]2[C@H]3COC(=O)[C@@H]4C[C@@H](O)[C@@H](O)C[C@@]4(C)[C@@H]3CC[C@]21C. The molecule has 3 aliphatic carbocycles. The topological polar surface area (TPSA) is 107 Å². The summed E-state index contributed by atoms with van der Waals surface area (Å²) in [6.45, 7) is 13.2. The van der Waals surface area contributed by atoms with Gasteiger partial charge in [-0.2, -0.15) is 0 Å². The molecule has 6 heteroatoms. The molecule has 1 aliphatic heterocycles. The van der Waals surface area contributed by atoms with Gasteiger partial charge in [-0.3, -0.25) is 4.79 Å². The number of carbonyl (C=O) groups is 1. The third-order valence-electron chi connectivity index (χ3n) is 11.5. The zero-order valence-electron chi connectivity index (χ0n) is 22.0. The lowest BCUT2D eigenvalue weighted by Gasteiger charge is -2.56. The van der Waals surface area contributed by atoms with Gasteiger partial charge in [-0.1, -0.05) is 41.5 Å². The molecule has 0 unspecified atom stereocenters. The van der Waals surface area contributed by atoms with Crippen LogP contribution >= 0.6 is 0 Å². The summed E-state index contributed by atoms with van der Waals surface area (Å²) in [6, 6.07) is 0. The Labute approximate surface area is 205 Å². The van der Waals surface area contributed by atoms with Gasteiger partial charge < -0.3 is 25.2 Å². The molecular weight excluding hydrogens is 432 g/mol. The molecule has 0 aromatic carbocycles. The molecule has 3 saturated carbocycles. The lowest BCUT2D eigenvalue weighted by atomic mass is 9.48. The molecule has 0 aromatic rings. The number of carbonyl (C=O) groups excluding carboxylic acids is 1. The van der Waals surface area contributed by atoms with Crippen LogP contribution in [-0.4, -0.2) is 57.4 Å². The summed E-state index contributed by atoms with van der Waals surface area (Å²) in [5.74, 6) is 0.948. The maximum Gasteiger partial charge on any atom is 0.309 e. The molecule has 0 bridgehead atoms. The second kappa shape index (κ2) is 9.32. The first-order valence-corrected chi connectivity index (χ1v) is 13.7. The number of hydrogen-bond acceptors (Lipinski definition) is 6. The molecule has 34 heavy (non-hydrogen) atoms. The summed E-state index contributed by atoms with van der Waals surface area (Å²) in [7, 11) is 0. The van der Waals surface area contributed by atoms with E-state index in [0.717, 1.165) is 25.7 Å². The van der Waals surface area contributed by atoms with Crippen LogP contribution in [-0.2, 0) is 9.53 Å². The van der Waals surface area contributed by atoms with Crippen LogP contribution in [0.2, 0.25) is 0 Å². The van der Waals surface area contributed by atoms with Crippen molar-refractivity contribution < 1.29 is 30.0 Å². The van der Waals surface area contributed by atoms with E-state index in [2.05, 4.69) is 34.6 Å². The Kier molecular flexibility index (Phi) is 7.23. The minimum absolute atomic E-state index is 0.00827. The molecule has 13 atom stereocenters. The highest BCUT2D eigenvalue weighted by Crippen LogP contribution is 2.66. The number of rotatable bonds is 5. The summed E-state index contributed by atoms with van der Waals surface area (Å²) in [6.07, 6.45) is 1.61. The minimum atomic E-state index is -0.867. The Morgan fingerprint density at radius 1 is 0.912 bits per heavy atom. The van der Waals surface area contributed by atoms with E-state index in [1.54, 1.807) is 0 Å². The van der Waals surface area contributed by atoms with Crippen LogP contribution in [0.4, 0.5) is 0 Å². The van der Waals surface area contributed by atoms with Gasteiger partial charge in [-0.15, -0.1) is 0 Å². The van der Waals surface area contributed by atoms with Crippen LogP contribution < -0.4 is 0 Å². The van der Waals surface area contributed by atoms with Gasteiger partial charge >= 0.3 is 5.97 Å². The van der Waals surface area contributed by atoms with Gasteiger partial charge in [0, 0.05) is 0 Å². The number of ether oxygens (including phenoxy) is 1. The first kappa shape index (κ1) is 26.4. The number of esters is 1. The molecule has 0 amide bonds. The predicted molar refractivity (Wildman–Crippen MR) is 130 cm³/mol. The molecule has 196 valence electrons. The second-order valence-corrected chi connectivity index (χ2v) is 13.3. The van der Waals surface area contributed by atoms with Crippen molar-refractivity contribution in [1.82, 2.24) is 0 Å². The van der Waals surface area contributed by atoms with Crippen molar-refractivity contribution >= 4 is 5.97 Å². The number of cyclic esters (lactones) is 1. The molecular formula is C28H48O6. The Balaban J connectivity index is 1.58. The molecule has 0 spiro atoms. The fourth-order valence-electron chi connectivity index (χ4n) is 8.95. The Morgan fingerprint density at radius 3 is 2.21 bits per heavy atom. The molecule has 0 aromatic heterocycles. The summed E-state index contributed by atoms with van der Waals surface area (Å²) in [5.41, 5.74) is -0.345. The van der Waals surface area contributed by atoms with Crippen molar-refractivity contribution in [2.24, 2.45) is 58.2 Å². The van der Waals surface area contributed by atoms with E-state index < -0.39 is 24.4 Å². The Hall–Kier alpha value is -0.690. The van der Waals surface area contributed by atoms with Crippen LogP contribution in [0.15, 0.2) is 0 Å². The summed E-state index contributed by atoms with van der Waals surface area (Å²) in [5, 5.41) is 42.9. The number of aliphatic hydroxyl groups excluding tert-OH is 4. The highest BCUT2D eigenvalue weighted by Gasteiger charge is 2.63. The van der Waals surface area contributed by atoms with Crippen LogP contribution in [0, 0.1) is 58.2 Å². The summed E-state index contributed by atoms with van der Waals surface area (Å²) < 4.78 is 5.86. The van der Waals surface area contributed by atoms with E-state index in [4.69, 9.17) is 4.74 Å². The molecule has 0 radical (unpaired) electrons. The number of aliphatic hydroxyl groups is 4. The van der Waals surface area contributed by atoms with Crippen LogP contribution in [0.3, 0.4) is 0 Å². The lowest BCUT2D eigenvalue weighted by Crippen LogP contribution is -2.55. The van der Waals surface area contributed by atoms with Crippen molar-refractivity contribution in [1.29, 1.82) is 0 Å². The average molecular weight is 481 g/mol. The molecule has 1 saturated heterocycles. The third-order valence-corrected chi connectivity index (χ3v) is 11.5. The largest absolute Gasteiger partial charge is 0.465 e. The van der Waals surface area contributed by atoms with E-state index in [-0.39, 0.29) is 52.8 Å². The van der Waals surface area contributed by atoms with E-state index >= 15 is 0 Å². The van der Waals surface area contributed by atoms with Gasteiger partial charge in [0.05, 0.1) is 36.9 Å². The minimum Gasteiger partial charge on any atom is -0.465 e. The maximum atomic E-state index is 13.0. The van der Waals surface area contributed by atoms with Gasteiger partial charge in [0.2, 0.25) is 0 Å². The normalized spacial score (nSPS) is 48.1. The number of hydrogen-bond donors (Lipinski definition) is 4. The quantitative estimate of drug-likeness (QED) is 0.450. The molecule has 1 heterocycles. The highest BCUT2D eigenvalue weighted by molar-refractivity contribution is 5.74. The van der Waals surface area contributed by atoms with Gasteiger partial charge in [0.15, 0.2) is 0 Å². The molecule has 4 N–H and O–H groups in total. The van der Waals surface area contributed by atoms with Crippen molar-refractivity contribution in [2.75, 3.05) is 6.61 Å². The van der Waals surface area contributed by atoms with Crippen molar-refractivity contribution in [3.8, 4) is 0 Å². The zero-order chi connectivity index (χ0) is 25.2. The van der Waals surface area contributed by atoms with Crippen molar-refractivity contribution in [3.05, 3.63) is 0 Å². The lowest BCUT2D eigenvalue weighted by molar-refractivity contribution is -0.162. The monoisotopic (exact) mass is 480 g/mol. The van der Waals surface area contributed by atoms with Crippen LogP contribution in [0.1, 0.15) is 80.1 Å². The van der Waals surface area contributed by atoms with Gasteiger partial charge in [0.25, 0.3) is 0 Å².